The molecule has 0 saturated carbocycles. The van der Waals surface area contributed by atoms with Crippen molar-refractivity contribution in [2.45, 2.75) is 17.5 Å². The van der Waals surface area contributed by atoms with Gasteiger partial charge in [-0.1, -0.05) is 60.3 Å². The lowest BCUT2D eigenvalue weighted by Crippen LogP contribution is -2.42. The smallest absolute Gasteiger partial charge is 0.270 e. The van der Waals surface area contributed by atoms with Crippen molar-refractivity contribution in [3.05, 3.63) is 107 Å². The molecule has 0 spiro atoms. The number of hydrazine groups is 1. The van der Waals surface area contributed by atoms with Gasteiger partial charge in [0, 0.05) is 29.5 Å². The third kappa shape index (κ3) is 6.02. The summed E-state index contributed by atoms with van der Waals surface area (Å²) in [5.74, 6) is 0.591. The molecule has 1 aromatic heterocycles. The molecular weight excluding hydrogens is 450 g/mol. The van der Waals surface area contributed by atoms with E-state index in [0.29, 0.717) is 28.2 Å². The SMILES string of the molecule is Cn1cnnc1SCc1ccc(C(=O)NNC(=O)c2ccccc2COc2ccccc2)cc1. The largest absolute Gasteiger partial charge is 0.489 e. The molecule has 34 heavy (non-hydrogen) atoms. The van der Waals surface area contributed by atoms with Crippen molar-refractivity contribution in [3.8, 4) is 5.75 Å². The maximum absolute atomic E-state index is 12.7. The second kappa shape index (κ2) is 11.2. The quantitative estimate of drug-likeness (QED) is 0.299. The predicted octanol–water partition coefficient (Wildman–Crippen LogP) is 3.76. The second-order valence-corrected chi connectivity index (χ2v) is 8.32. The molecule has 0 fully saturated rings. The van der Waals surface area contributed by atoms with Gasteiger partial charge in [0.05, 0.1) is 0 Å². The van der Waals surface area contributed by atoms with Gasteiger partial charge < -0.3 is 9.30 Å². The number of aryl methyl sites for hydroxylation is 1. The summed E-state index contributed by atoms with van der Waals surface area (Å²) in [6.07, 6.45) is 1.65. The molecular formula is C25H23N5O3S. The molecule has 0 aliphatic heterocycles. The molecule has 0 aliphatic carbocycles. The maximum atomic E-state index is 12.7. The zero-order valence-electron chi connectivity index (χ0n) is 18.5. The standard InChI is InChI=1S/C25H23N5O3S/c1-30-17-26-29-25(30)34-16-18-11-13-19(14-12-18)23(31)27-28-24(32)22-10-6-5-7-20(22)15-33-21-8-3-2-4-9-21/h2-14,17H,15-16H2,1H3,(H,27,31)(H,28,32). The molecule has 4 aromatic rings. The number of carbonyl (C=O) groups excluding carboxylic acids is 2. The van der Waals surface area contributed by atoms with Crippen LogP contribution in [0.3, 0.4) is 0 Å². The Labute approximate surface area is 201 Å². The van der Waals surface area contributed by atoms with E-state index in [0.717, 1.165) is 10.7 Å². The number of hydrogen-bond acceptors (Lipinski definition) is 6. The van der Waals surface area contributed by atoms with Crippen molar-refractivity contribution in [1.29, 1.82) is 0 Å². The Morgan fingerprint density at radius 1 is 0.912 bits per heavy atom. The molecule has 0 unspecified atom stereocenters. The molecule has 0 saturated heterocycles. The third-order valence-corrected chi connectivity index (χ3v) is 6.05. The number of aromatic nitrogens is 3. The van der Waals surface area contributed by atoms with Gasteiger partial charge in [-0.3, -0.25) is 20.4 Å². The van der Waals surface area contributed by atoms with Crippen LogP contribution in [-0.2, 0) is 19.4 Å². The minimum atomic E-state index is -0.419. The van der Waals surface area contributed by atoms with E-state index in [2.05, 4.69) is 21.0 Å². The van der Waals surface area contributed by atoms with Crippen LogP contribution >= 0.6 is 11.8 Å². The van der Waals surface area contributed by atoms with E-state index >= 15 is 0 Å². The van der Waals surface area contributed by atoms with Crippen LogP contribution in [0.15, 0.2) is 90.3 Å². The first-order valence-corrected chi connectivity index (χ1v) is 11.5. The molecule has 0 bridgehead atoms. The first-order valence-electron chi connectivity index (χ1n) is 10.5. The van der Waals surface area contributed by atoms with Crippen LogP contribution in [0.5, 0.6) is 5.75 Å². The summed E-state index contributed by atoms with van der Waals surface area (Å²) in [5.41, 5.74) is 7.58. The summed E-state index contributed by atoms with van der Waals surface area (Å²) >= 11 is 1.56. The van der Waals surface area contributed by atoms with Gasteiger partial charge >= 0.3 is 0 Å². The van der Waals surface area contributed by atoms with E-state index in [9.17, 15) is 9.59 Å². The summed E-state index contributed by atoms with van der Waals surface area (Å²) < 4.78 is 7.61. The monoisotopic (exact) mass is 473 g/mol. The van der Waals surface area contributed by atoms with Gasteiger partial charge in [0.25, 0.3) is 11.8 Å². The minimum absolute atomic E-state index is 0.232. The first kappa shape index (κ1) is 23.1. The number of para-hydroxylation sites is 1. The minimum Gasteiger partial charge on any atom is -0.489 e. The molecule has 2 amide bonds. The molecule has 0 atom stereocenters. The summed E-state index contributed by atoms with van der Waals surface area (Å²) in [7, 11) is 1.89. The average Bonchev–Trinajstić information content (AvgIpc) is 3.30. The normalized spacial score (nSPS) is 10.5. The molecule has 8 nitrogen and oxygen atoms in total. The number of nitrogens with one attached hydrogen (secondary N) is 2. The number of amides is 2. The lowest BCUT2D eigenvalue weighted by Gasteiger charge is -2.12. The van der Waals surface area contributed by atoms with E-state index < -0.39 is 11.8 Å². The van der Waals surface area contributed by atoms with Crippen LogP contribution in [0, 0.1) is 0 Å². The zero-order valence-corrected chi connectivity index (χ0v) is 19.3. The van der Waals surface area contributed by atoms with Crippen LogP contribution in [-0.4, -0.2) is 26.6 Å². The summed E-state index contributed by atoms with van der Waals surface area (Å²) in [5, 5.41) is 8.71. The lowest BCUT2D eigenvalue weighted by molar-refractivity contribution is 0.0845. The molecule has 0 aliphatic rings. The molecule has 2 N–H and O–H groups in total. The third-order valence-electron chi connectivity index (χ3n) is 4.94. The molecule has 0 radical (unpaired) electrons. The van der Waals surface area contributed by atoms with Gasteiger partial charge in [0.2, 0.25) is 0 Å². The van der Waals surface area contributed by atoms with Gasteiger partial charge in [0.15, 0.2) is 5.16 Å². The molecule has 9 heteroatoms. The number of thioether (sulfide) groups is 1. The van der Waals surface area contributed by atoms with Crippen molar-refractivity contribution < 1.29 is 14.3 Å². The van der Waals surface area contributed by atoms with E-state index in [1.54, 1.807) is 42.4 Å². The highest BCUT2D eigenvalue weighted by molar-refractivity contribution is 7.98. The number of carbonyl (C=O) groups is 2. The van der Waals surface area contributed by atoms with E-state index in [4.69, 9.17) is 4.74 Å². The Morgan fingerprint density at radius 3 is 2.35 bits per heavy atom. The Kier molecular flexibility index (Phi) is 7.56. The van der Waals surface area contributed by atoms with Crippen molar-refractivity contribution in [1.82, 2.24) is 25.6 Å². The van der Waals surface area contributed by atoms with Crippen LogP contribution in [0.2, 0.25) is 0 Å². The Balaban J connectivity index is 1.30. The predicted molar refractivity (Wildman–Crippen MR) is 129 cm³/mol. The van der Waals surface area contributed by atoms with Gasteiger partial charge in [-0.25, -0.2) is 0 Å². The highest BCUT2D eigenvalue weighted by Gasteiger charge is 2.13. The highest BCUT2D eigenvalue weighted by Crippen LogP contribution is 2.20. The van der Waals surface area contributed by atoms with Gasteiger partial charge in [0.1, 0.15) is 18.7 Å². The number of hydrogen-bond donors (Lipinski definition) is 2. The summed E-state index contributed by atoms with van der Waals surface area (Å²) in [4.78, 5) is 25.2. The summed E-state index contributed by atoms with van der Waals surface area (Å²) in [6.45, 7) is 0.232. The van der Waals surface area contributed by atoms with Crippen LogP contribution < -0.4 is 15.6 Å². The Morgan fingerprint density at radius 2 is 1.62 bits per heavy atom. The van der Waals surface area contributed by atoms with Crippen LogP contribution in [0.1, 0.15) is 31.8 Å². The number of nitrogens with zero attached hydrogens (tertiary/aromatic N) is 3. The Hall–Kier alpha value is -4.11. The maximum Gasteiger partial charge on any atom is 0.270 e. The van der Waals surface area contributed by atoms with Crippen LogP contribution in [0.25, 0.3) is 0 Å². The van der Waals surface area contributed by atoms with E-state index in [1.807, 2.05) is 66.2 Å². The molecule has 3 aromatic carbocycles. The van der Waals surface area contributed by atoms with Crippen molar-refractivity contribution in [2.24, 2.45) is 7.05 Å². The van der Waals surface area contributed by atoms with Crippen LogP contribution in [0.4, 0.5) is 0 Å². The Bertz CT molecular complexity index is 1260. The fourth-order valence-corrected chi connectivity index (χ4v) is 3.95. The van der Waals surface area contributed by atoms with Gasteiger partial charge in [-0.15, -0.1) is 10.2 Å². The second-order valence-electron chi connectivity index (χ2n) is 7.38. The topological polar surface area (TPSA) is 98.1 Å². The number of ether oxygens (including phenoxy) is 1. The number of rotatable bonds is 8. The first-order chi connectivity index (χ1) is 16.6. The summed E-state index contributed by atoms with van der Waals surface area (Å²) in [6, 6.07) is 23.7. The average molecular weight is 474 g/mol. The van der Waals surface area contributed by atoms with E-state index in [-0.39, 0.29) is 6.61 Å². The van der Waals surface area contributed by atoms with Crippen molar-refractivity contribution >= 4 is 23.6 Å². The fourth-order valence-electron chi connectivity index (χ4n) is 3.10. The van der Waals surface area contributed by atoms with E-state index in [1.165, 1.54) is 0 Å². The van der Waals surface area contributed by atoms with Gasteiger partial charge in [-0.05, 0) is 35.9 Å². The lowest BCUT2D eigenvalue weighted by atomic mass is 10.1. The highest BCUT2D eigenvalue weighted by atomic mass is 32.2. The molecule has 1 heterocycles. The molecule has 4 rings (SSSR count). The van der Waals surface area contributed by atoms with Crippen molar-refractivity contribution in [3.63, 3.8) is 0 Å². The molecule has 172 valence electrons. The zero-order chi connectivity index (χ0) is 23.8. The van der Waals surface area contributed by atoms with Crippen molar-refractivity contribution in [2.75, 3.05) is 0 Å². The fraction of sp³-hybridized carbons (Fsp3) is 0.120. The van der Waals surface area contributed by atoms with Gasteiger partial charge in [-0.2, -0.15) is 0 Å². The number of benzene rings is 3.